The maximum atomic E-state index is 13.6. The second kappa shape index (κ2) is 10.1. The summed E-state index contributed by atoms with van der Waals surface area (Å²) in [4.78, 5) is 28.0. The molecule has 0 aromatic heterocycles. The van der Waals surface area contributed by atoms with Crippen LogP contribution in [0.25, 0.3) is 0 Å². The van der Waals surface area contributed by atoms with Crippen LogP contribution in [0, 0.1) is 0 Å². The maximum absolute atomic E-state index is 13.6. The molecule has 1 unspecified atom stereocenters. The van der Waals surface area contributed by atoms with Gasteiger partial charge >= 0.3 is 0 Å². The van der Waals surface area contributed by atoms with E-state index in [4.69, 9.17) is 4.74 Å². The first-order valence-corrected chi connectivity index (χ1v) is 11.1. The number of fused-ring (bicyclic) bond motifs is 1. The average Bonchev–Trinajstić information content (AvgIpc) is 2.86. The summed E-state index contributed by atoms with van der Waals surface area (Å²) in [6, 6.07) is 27.6. The Morgan fingerprint density at radius 3 is 2.16 bits per heavy atom. The van der Waals surface area contributed by atoms with E-state index in [1.165, 1.54) is 0 Å². The monoisotopic (exact) mass is 428 g/mol. The molecule has 1 aliphatic rings. The van der Waals surface area contributed by atoms with Gasteiger partial charge in [-0.25, -0.2) is 0 Å². The van der Waals surface area contributed by atoms with E-state index in [0.29, 0.717) is 24.4 Å². The predicted molar refractivity (Wildman–Crippen MR) is 126 cm³/mol. The maximum Gasteiger partial charge on any atom is 0.262 e. The molecular formula is C27H28N2O3. The standard InChI is InChI=1S/C27H28N2O3/c1-2-17-28-27(31)25-19-29(23-15-9-10-16-24(23)32-25)26(30)18-22(20-11-5-3-6-12-20)21-13-7-4-8-14-21/h3-16,22,25H,2,17-19H2,1H3,(H,28,31). The molecule has 0 aliphatic carbocycles. The molecule has 0 saturated carbocycles. The minimum Gasteiger partial charge on any atom is -0.477 e. The van der Waals surface area contributed by atoms with Gasteiger partial charge in [-0.2, -0.15) is 0 Å². The largest absolute Gasteiger partial charge is 0.477 e. The van der Waals surface area contributed by atoms with E-state index in [0.717, 1.165) is 17.5 Å². The Hall–Kier alpha value is -3.60. The van der Waals surface area contributed by atoms with Crippen LogP contribution >= 0.6 is 0 Å². The molecule has 32 heavy (non-hydrogen) atoms. The number of para-hydroxylation sites is 2. The number of nitrogens with zero attached hydrogens (tertiary/aromatic N) is 1. The summed E-state index contributed by atoms with van der Waals surface area (Å²) >= 11 is 0. The molecule has 164 valence electrons. The van der Waals surface area contributed by atoms with Gasteiger partial charge in [-0.05, 0) is 29.7 Å². The van der Waals surface area contributed by atoms with E-state index in [2.05, 4.69) is 29.6 Å². The van der Waals surface area contributed by atoms with Crippen molar-refractivity contribution in [1.82, 2.24) is 5.32 Å². The van der Waals surface area contributed by atoms with Crippen molar-refractivity contribution >= 4 is 17.5 Å². The Bertz CT molecular complexity index is 1010. The second-order valence-corrected chi connectivity index (χ2v) is 7.95. The van der Waals surface area contributed by atoms with E-state index in [-0.39, 0.29) is 24.3 Å². The summed E-state index contributed by atoms with van der Waals surface area (Å²) in [7, 11) is 0. The highest BCUT2D eigenvalue weighted by Crippen LogP contribution is 2.36. The fourth-order valence-corrected chi connectivity index (χ4v) is 4.05. The first-order chi connectivity index (χ1) is 15.7. The number of ether oxygens (including phenoxy) is 1. The lowest BCUT2D eigenvalue weighted by molar-refractivity contribution is -0.128. The van der Waals surface area contributed by atoms with Gasteiger partial charge < -0.3 is 15.0 Å². The van der Waals surface area contributed by atoms with Crippen molar-refractivity contribution in [3.63, 3.8) is 0 Å². The lowest BCUT2D eigenvalue weighted by Crippen LogP contribution is -2.51. The highest BCUT2D eigenvalue weighted by Gasteiger charge is 2.34. The molecule has 0 saturated heterocycles. The van der Waals surface area contributed by atoms with Gasteiger partial charge in [0.1, 0.15) is 5.75 Å². The van der Waals surface area contributed by atoms with E-state index in [9.17, 15) is 9.59 Å². The lowest BCUT2D eigenvalue weighted by atomic mass is 9.88. The van der Waals surface area contributed by atoms with Crippen LogP contribution in [0.5, 0.6) is 5.75 Å². The zero-order valence-electron chi connectivity index (χ0n) is 18.2. The summed E-state index contributed by atoms with van der Waals surface area (Å²) < 4.78 is 5.94. The van der Waals surface area contributed by atoms with Crippen LogP contribution < -0.4 is 15.0 Å². The SMILES string of the molecule is CCCNC(=O)C1CN(C(=O)CC(c2ccccc2)c2ccccc2)c2ccccc2O1. The average molecular weight is 429 g/mol. The minimum absolute atomic E-state index is 0.0354. The number of anilines is 1. The molecule has 1 aliphatic heterocycles. The molecular weight excluding hydrogens is 400 g/mol. The highest BCUT2D eigenvalue weighted by molar-refractivity contribution is 5.97. The van der Waals surface area contributed by atoms with Crippen molar-refractivity contribution in [2.24, 2.45) is 0 Å². The van der Waals surface area contributed by atoms with Gasteiger partial charge in [0.15, 0.2) is 6.10 Å². The topological polar surface area (TPSA) is 58.6 Å². The van der Waals surface area contributed by atoms with Gasteiger partial charge in [0.2, 0.25) is 5.91 Å². The molecule has 3 aromatic rings. The molecule has 2 amide bonds. The normalized spacial score (nSPS) is 15.1. The van der Waals surface area contributed by atoms with Gasteiger partial charge in [0, 0.05) is 18.9 Å². The Morgan fingerprint density at radius 1 is 0.938 bits per heavy atom. The molecule has 1 atom stereocenters. The molecule has 0 fully saturated rings. The number of carbonyl (C=O) groups excluding carboxylic acids is 2. The van der Waals surface area contributed by atoms with Gasteiger partial charge in [0.05, 0.1) is 12.2 Å². The molecule has 0 radical (unpaired) electrons. The summed E-state index contributed by atoms with van der Waals surface area (Å²) in [6.45, 7) is 2.78. The Labute approximate surface area is 189 Å². The van der Waals surface area contributed by atoms with Gasteiger partial charge in [-0.3, -0.25) is 9.59 Å². The van der Waals surface area contributed by atoms with Crippen molar-refractivity contribution in [3.05, 3.63) is 96.1 Å². The lowest BCUT2D eigenvalue weighted by Gasteiger charge is -2.35. The van der Waals surface area contributed by atoms with Crippen LogP contribution in [0.1, 0.15) is 36.8 Å². The molecule has 1 N–H and O–H groups in total. The van der Waals surface area contributed by atoms with Crippen molar-refractivity contribution in [2.75, 3.05) is 18.0 Å². The van der Waals surface area contributed by atoms with Crippen LogP contribution in [-0.4, -0.2) is 31.0 Å². The van der Waals surface area contributed by atoms with Gasteiger partial charge in [-0.15, -0.1) is 0 Å². The number of hydrogen-bond donors (Lipinski definition) is 1. The van der Waals surface area contributed by atoms with Crippen molar-refractivity contribution < 1.29 is 14.3 Å². The molecule has 0 spiro atoms. The summed E-state index contributed by atoms with van der Waals surface area (Å²) in [5, 5.41) is 2.88. The highest BCUT2D eigenvalue weighted by atomic mass is 16.5. The second-order valence-electron chi connectivity index (χ2n) is 7.95. The number of hydrogen-bond acceptors (Lipinski definition) is 3. The number of carbonyl (C=O) groups is 2. The third kappa shape index (κ3) is 4.83. The molecule has 5 nitrogen and oxygen atoms in total. The zero-order chi connectivity index (χ0) is 22.3. The molecule has 4 rings (SSSR count). The van der Waals surface area contributed by atoms with Gasteiger partial charge in [0.25, 0.3) is 5.91 Å². The van der Waals surface area contributed by atoms with Crippen molar-refractivity contribution in [3.8, 4) is 5.75 Å². The summed E-state index contributed by atoms with van der Waals surface area (Å²) in [5.74, 6) is 0.251. The van der Waals surface area contributed by atoms with E-state index < -0.39 is 6.10 Å². The van der Waals surface area contributed by atoms with E-state index in [1.807, 2.05) is 61.5 Å². The third-order valence-corrected chi connectivity index (χ3v) is 5.70. The fourth-order valence-electron chi connectivity index (χ4n) is 4.05. The Morgan fingerprint density at radius 2 is 1.53 bits per heavy atom. The van der Waals surface area contributed by atoms with Crippen LogP contribution in [0.15, 0.2) is 84.9 Å². The third-order valence-electron chi connectivity index (χ3n) is 5.70. The first kappa shape index (κ1) is 21.6. The predicted octanol–water partition coefficient (Wildman–Crippen LogP) is 4.53. The van der Waals surface area contributed by atoms with Crippen molar-refractivity contribution in [1.29, 1.82) is 0 Å². The number of amides is 2. The Balaban J connectivity index is 1.62. The quantitative estimate of drug-likeness (QED) is 0.602. The van der Waals surface area contributed by atoms with Crippen LogP contribution in [0.4, 0.5) is 5.69 Å². The molecule has 3 aromatic carbocycles. The Kier molecular flexibility index (Phi) is 6.85. The first-order valence-electron chi connectivity index (χ1n) is 11.1. The van der Waals surface area contributed by atoms with Crippen LogP contribution in [0.2, 0.25) is 0 Å². The number of rotatable bonds is 7. The number of nitrogens with one attached hydrogen (secondary N) is 1. The van der Waals surface area contributed by atoms with Crippen LogP contribution in [-0.2, 0) is 9.59 Å². The molecule has 5 heteroatoms. The van der Waals surface area contributed by atoms with Crippen LogP contribution in [0.3, 0.4) is 0 Å². The fraction of sp³-hybridized carbons (Fsp3) is 0.259. The summed E-state index contributed by atoms with van der Waals surface area (Å²) in [6.07, 6.45) is 0.409. The zero-order valence-corrected chi connectivity index (χ0v) is 18.2. The number of benzene rings is 3. The summed E-state index contributed by atoms with van der Waals surface area (Å²) in [5.41, 5.74) is 2.88. The van der Waals surface area contributed by atoms with Gasteiger partial charge in [-0.1, -0.05) is 79.7 Å². The smallest absolute Gasteiger partial charge is 0.262 e. The van der Waals surface area contributed by atoms with Crippen molar-refractivity contribution in [2.45, 2.75) is 31.8 Å². The minimum atomic E-state index is -0.729. The molecule has 1 heterocycles. The van der Waals surface area contributed by atoms with E-state index >= 15 is 0 Å². The molecule has 0 bridgehead atoms. The van der Waals surface area contributed by atoms with E-state index in [1.54, 1.807) is 11.0 Å².